The summed E-state index contributed by atoms with van der Waals surface area (Å²) in [4.78, 5) is 25.6. The van der Waals surface area contributed by atoms with Crippen LogP contribution in [0.4, 0.5) is 4.79 Å². The number of carboxylic acid groups (broad SMARTS) is 1. The molecule has 3 aromatic carbocycles. The Morgan fingerprint density at radius 2 is 1.55 bits per heavy atom. The molecular formula is C27H23NO4S. The summed E-state index contributed by atoms with van der Waals surface area (Å²) in [6, 6.07) is 24.4. The van der Waals surface area contributed by atoms with Crippen molar-refractivity contribution in [1.82, 2.24) is 4.90 Å². The summed E-state index contributed by atoms with van der Waals surface area (Å²) in [7, 11) is 0. The van der Waals surface area contributed by atoms with Crippen molar-refractivity contribution in [3.63, 3.8) is 0 Å². The third-order valence-corrected chi connectivity index (χ3v) is 7.14. The minimum absolute atomic E-state index is 0.0613. The van der Waals surface area contributed by atoms with E-state index < -0.39 is 18.6 Å². The number of ether oxygens (including phenoxy) is 1. The van der Waals surface area contributed by atoms with Crippen molar-refractivity contribution in [3.8, 4) is 11.1 Å². The minimum atomic E-state index is -1.06. The monoisotopic (exact) mass is 457 g/mol. The number of hydrogen-bond donors (Lipinski definition) is 1. The zero-order chi connectivity index (χ0) is 22.8. The number of hydrogen-bond acceptors (Lipinski definition) is 4. The Hall–Kier alpha value is -3.64. The highest BCUT2D eigenvalue weighted by Gasteiger charge is 2.30. The zero-order valence-corrected chi connectivity index (χ0v) is 18.8. The van der Waals surface area contributed by atoms with Crippen molar-refractivity contribution in [1.29, 1.82) is 0 Å². The highest BCUT2D eigenvalue weighted by molar-refractivity contribution is 7.17. The molecule has 5 nitrogen and oxygen atoms in total. The quantitative estimate of drug-likeness (QED) is 0.382. The van der Waals surface area contributed by atoms with Crippen molar-refractivity contribution in [2.45, 2.75) is 12.3 Å². The molecule has 0 bridgehead atoms. The number of amides is 1. The molecule has 1 aliphatic rings. The maximum Gasteiger partial charge on any atom is 0.410 e. The highest BCUT2D eigenvalue weighted by Crippen LogP contribution is 2.44. The van der Waals surface area contributed by atoms with Gasteiger partial charge >= 0.3 is 12.1 Å². The average Bonchev–Trinajstić information content (AvgIpc) is 3.39. The van der Waals surface area contributed by atoms with Gasteiger partial charge < -0.3 is 9.84 Å². The molecule has 1 aromatic heterocycles. The molecule has 0 spiro atoms. The van der Waals surface area contributed by atoms with Crippen LogP contribution in [0.5, 0.6) is 0 Å². The minimum Gasteiger partial charge on any atom is -0.480 e. The van der Waals surface area contributed by atoms with Crippen LogP contribution in [-0.2, 0) is 16.0 Å². The predicted molar refractivity (Wildman–Crippen MR) is 130 cm³/mol. The van der Waals surface area contributed by atoms with Crippen LogP contribution in [0.1, 0.15) is 22.6 Å². The topological polar surface area (TPSA) is 66.8 Å². The number of rotatable bonds is 7. The second-order valence-electron chi connectivity index (χ2n) is 8.13. The Morgan fingerprint density at radius 3 is 2.24 bits per heavy atom. The molecule has 1 amide bonds. The predicted octanol–water partition coefficient (Wildman–Crippen LogP) is 5.78. The first-order chi connectivity index (χ1) is 16.1. The second-order valence-corrected chi connectivity index (χ2v) is 9.04. The van der Waals surface area contributed by atoms with E-state index in [0.717, 1.165) is 33.2 Å². The molecule has 0 radical (unpaired) electrons. The lowest BCUT2D eigenvalue weighted by Gasteiger charge is -2.22. The van der Waals surface area contributed by atoms with Crippen molar-refractivity contribution >= 4 is 33.5 Å². The maximum absolute atomic E-state index is 12.9. The largest absolute Gasteiger partial charge is 0.480 e. The van der Waals surface area contributed by atoms with Gasteiger partial charge in [0.05, 0.1) is 0 Å². The molecule has 0 saturated heterocycles. The first-order valence-electron chi connectivity index (χ1n) is 10.9. The molecular weight excluding hydrogens is 434 g/mol. The fourth-order valence-corrected chi connectivity index (χ4v) is 5.56. The molecule has 1 aliphatic carbocycles. The van der Waals surface area contributed by atoms with E-state index >= 15 is 0 Å². The molecule has 6 heteroatoms. The molecule has 4 aromatic rings. The lowest BCUT2D eigenvalue weighted by atomic mass is 9.98. The summed E-state index contributed by atoms with van der Waals surface area (Å²) in [5.41, 5.74) is 5.67. The van der Waals surface area contributed by atoms with Crippen LogP contribution in [-0.4, -0.2) is 41.8 Å². The van der Waals surface area contributed by atoms with Gasteiger partial charge in [0.25, 0.3) is 0 Å². The van der Waals surface area contributed by atoms with Gasteiger partial charge in [0.1, 0.15) is 13.2 Å². The van der Waals surface area contributed by atoms with Crippen molar-refractivity contribution in [2.75, 3.05) is 19.7 Å². The van der Waals surface area contributed by atoms with Crippen LogP contribution < -0.4 is 0 Å². The van der Waals surface area contributed by atoms with Gasteiger partial charge in [-0.05, 0) is 51.1 Å². The Morgan fingerprint density at radius 1 is 0.909 bits per heavy atom. The molecule has 5 rings (SSSR count). The Balaban J connectivity index is 1.30. The molecule has 0 fully saturated rings. The van der Waals surface area contributed by atoms with E-state index in [9.17, 15) is 14.7 Å². The molecule has 0 saturated carbocycles. The number of carbonyl (C=O) groups is 2. The number of carbonyl (C=O) groups excluding carboxylic acids is 1. The zero-order valence-electron chi connectivity index (χ0n) is 17.9. The third kappa shape index (κ3) is 4.22. The summed E-state index contributed by atoms with van der Waals surface area (Å²) in [5.74, 6) is -1.12. The van der Waals surface area contributed by atoms with Gasteiger partial charge in [-0.2, -0.15) is 0 Å². The fourth-order valence-electron chi connectivity index (χ4n) is 4.57. The van der Waals surface area contributed by atoms with Crippen molar-refractivity contribution in [3.05, 3.63) is 94.9 Å². The Labute approximate surface area is 195 Å². The van der Waals surface area contributed by atoms with E-state index in [0.29, 0.717) is 6.42 Å². The van der Waals surface area contributed by atoms with E-state index in [1.807, 2.05) is 36.4 Å². The SMILES string of the molecule is O=C(O)CN(CCc1csc2ccccc12)C(=O)OCC1c2ccccc2-c2ccccc21. The molecule has 166 valence electrons. The third-order valence-electron chi connectivity index (χ3n) is 6.13. The Bertz CT molecular complexity index is 1280. The standard InChI is InChI=1S/C27H23NO4S/c29-26(30)15-28(14-13-18-17-33-25-12-6-5-7-19(18)25)27(31)32-16-24-22-10-3-1-8-20(22)21-9-2-4-11-23(21)24/h1-12,17,24H,13-16H2,(H,29,30). The van der Waals surface area contributed by atoms with E-state index in [1.165, 1.54) is 9.60 Å². The van der Waals surface area contributed by atoms with E-state index in [2.05, 4.69) is 41.8 Å². The smallest absolute Gasteiger partial charge is 0.410 e. The first-order valence-corrected chi connectivity index (χ1v) is 11.8. The van der Waals surface area contributed by atoms with Gasteiger partial charge in [-0.1, -0.05) is 66.7 Å². The second kappa shape index (κ2) is 9.08. The van der Waals surface area contributed by atoms with Crippen molar-refractivity contribution in [2.24, 2.45) is 0 Å². The molecule has 0 aliphatic heterocycles. The summed E-state index contributed by atoms with van der Waals surface area (Å²) < 4.78 is 6.87. The lowest BCUT2D eigenvalue weighted by Crippen LogP contribution is -2.38. The molecule has 0 atom stereocenters. The van der Waals surface area contributed by atoms with Gasteiger partial charge in [0.15, 0.2) is 0 Å². The Kier molecular flexibility index (Phi) is 5.84. The van der Waals surface area contributed by atoms with Gasteiger partial charge in [0.2, 0.25) is 0 Å². The van der Waals surface area contributed by atoms with Crippen LogP contribution in [0.2, 0.25) is 0 Å². The number of thiophene rings is 1. The average molecular weight is 458 g/mol. The summed E-state index contributed by atoms with van der Waals surface area (Å²) in [6.07, 6.45) is -0.0274. The van der Waals surface area contributed by atoms with Crippen LogP contribution in [0, 0.1) is 0 Å². The molecule has 1 heterocycles. The number of fused-ring (bicyclic) bond motifs is 4. The normalized spacial score (nSPS) is 12.4. The van der Waals surface area contributed by atoms with E-state index in [-0.39, 0.29) is 19.1 Å². The first kappa shape index (κ1) is 21.2. The van der Waals surface area contributed by atoms with Gasteiger partial charge in [-0.25, -0.2) is 4.79 Å². The summed E-state index contributed by atoms with van der Waals surface area (Å²) in [6.45, 7) is 0.0623. The molecule has 33 heavy (non-hydrogen) atoms. The summed E-state index contributed by atoms with van der Waals surface area (Å²) in [5, 5.41) is 12.6. The number of nitrogens with zero attached hydrogens (tertiary/aromatic N) is 1. The fraction of sp³-hybridized carbons (Fsp3) is 0.185. The van der Waals surface area contributed by atoms with Gasteiger partial charge in [-0.3, -0.25) is 9.69 Å². The van der Waals surface area contributed by atoms with Crippen LogP contribution in [0.3, 0.4) is 0 Å². The molecule has 1 N–H and O–H groups in total. The maximum atomic E-state index is 12.9. The summed E-state index contributed by atoms with van der Waals surface area (Å²) >= 11 is 1.65. The van der Waals surface area contributed by atoms with Crippen LogP contribution in [0.25, 0.3) is 21.2 Å². The highest BCUT2D eigenvalue weighted by atomic mass is 32.1. The van der Waals surface area contributed by atoms with Gasteiger partial charge in [-0.15, -0.1) is 11.3 Å². The van der Waals surface area contributed by atoms with Gasteiger partial charge in [0, 0.05) is 17.2 Å². The number of carboxylic acids is 1. The van der Waals surface area contributed by atoms with Crippen LogP contribution >= 0.6 is 11.3 Å². The number of aliphatic carboxylic acids is 1. The van der Waals surface area contributed by atoms with E-state index in [1.54, 1.807) is 11.3 Å². The molecule has 0 unspecified atom stereocenters. The van der Waals surface area contributed by atoms with Crippen LogP contribution in [0.15, 0.2) is 78.2 Å². The lowest BCUT2D eigenvalue weighted by molar-refractivity contribution is -0.138. The van der Waals surface area contributed by atoms with Crippen molar-refractivity contribution < 1.29 is 19.4 Å². The van der Waals surface area contributed by atoms with E-state index in [4.69, 9.17) is 4.74 Å². The number of benzene rings is 3.